The minimum absolute atomic E-state index is 0.00619. The second kappa shape index (κ2) is 14.4. The van der Waals surface area contributed by atoms with Gasteiger partial charge in [0.2, 0.25) is 21.8 Å². The summed E-state index contributed by atoms with van der Waals surface area (Å²) < 4.78 is 33.0. The van der Waals surface area contributed by atoms with Gasteiger partial charge in [0, 0.05) is 30.0 Å². The van der Waals surface area contributed by atoms with Crippen LogP contribution in [-0.4, -0.2) is 56.6 Å². The Morgan fingerprint density at radius 3 is 2.30 bits per heavy atom. The maximum atomic E-state index is 13.4. The van der Waals surface area contributed by atoms with Crippen molar-refractivity contribution in [3.05, 3.63) is 58.6 Å². The quantitative estimate of drug-likeness (QED) is 0.341. The van der Waals surface area contributed by atoms with Crippen molar-refractivity contribution in [3.63, 3.8) is 0 Å². The SMILES string of the molecule is CCOc1ccccc1N(CCCC(=O)N(Cc1ccc(Br)cc1)C(C)C(=O)NC(C)CC)S(C)(=O)=O. The first-order valence-corrected chi connectivity index (χ1v) is 15.2. The van der Waals surface area contributed by atoms with Gasteiger partial charge in [-0.3, -0.25) is 13.9 Å². The molecule has 10 heteroatoms. The fraction of sp³-hybridized carbons (Fsp3) is 0.481. The summed E-state index contributed by atoms with van der Waals surface area (Å²) in [5.41, 5.74) is 1.33. The molecule has 0 saturated carbocycles. The van der Waals surface area contributed by atoms with Gasteiger partial charge in [-0.25, -0.2) is 8.42 Å². The number of benzene rings is 2. The Bertz CT molecular complexity index is 1140. The summed E-state index contributed by atoms with van der Waals surface area (Å²) in [6.45, 7) is 8.23. The van der Waals surface area contributed by atoms with Crippen molar-refractivity contribution in [1.82, 2.24) is 10.2 Å². The minimum Gasteiger partial charge on any atom is -0.492 e. The van der Waals surface area contributed by atoms with E-state index in [-0.39, 0.29) is 43.8 Å². The second-order valence-corrected chi connectivity index (χ2v) is 11.8. The highest BCUT2D eigenvalue weighted by atomic mass is 79.9. The van der Waals surface area contributed by atoms with Crippen LogP contribution in [0.5, 0.6) is 5.75 Å². The third-order valence-corrected chi connectivity index (χ3v) is 7.73. The van der Waals surface area contributed by atoms with Crippen LogP contribution < -0.4 is 14.4 Å². The van der Waals surface area contributed by atoms with E-state index in [1.807, 2.05) is 45.0 Å². The Morgan fingerprint density at radius 1 is 1.05 bits per heavy atom. The summed E-state index contributed by atoms with van der Waals surface area (Å²) in [6.07, 6.45) is 2.28. The van der Waals surface area contributed by atoms with Crippen molar-refractivity contribution in [2.24, 2.45) is 0 Å². The van der Waals surface area contributed by atoms with Crippen LogP contribution in [0.25, 0.3) is 0 Å². The molecule has 0 radical (unpaired) electrons. The first-order chi connectivity index (χ1) is 17.5. The van der Waals surface area contributed by atoms with Crippen LogP contribution in [0.2, 0.25) is 0 Å². The summed E-state index contributed by atoms with van der Waals surface area (Å²) in [5, 5.41) is 2.95. The molecule has 0 aromatic heterocycles. The predicted octanol–water partition coefficient (Wildman–Crippen LogP) is 4.73. The van der Waals surface area contributed by atoms with E-state index < -0.39 is 16.1 Å². The molecule has 0 spiro atoms. The lowest BCUT2D eigenvalue weighted by atomic mass is 10.1. The summed E-state index contributed by atoms with van der Waals surface area (Å²) in [4.78, 5) is 27.8. The van der Waals surface area contributed by atoms with Crippen molar-refractivity contribution in [2.75, 3.05) is 23.7 Å². The lowest BCUT2D eigenvalue weighted by molar-refractivity contribution is -0.140. The number of carbonyl (C=O) groups is 2. The molecule has 0 saturated heterocycles. The number of sulfonamides is 1. The molecular formula is C27H38BrN3O5S. The molecule has 0 aliphatic heterocycles. The van der Waals surface area contributed by atoms with Crippen LogP contribution in [0.15, 0.2) is 53.0 Å². The third kappa shape index (κ3) is 9.34. The largest absolute Gasteiger partial charge is 0.492 e. The van der Waals surface area contributed by atoms with E-state index in [1.165, 1.54) is 4.31 Å². The molecule has 0 heterocycles. The van der Waals surface area contributed by atoms with Gasteiger partial charge in [0.25, 0.3) is 0 Å². The highest BCUT2D eigenvalue weighted by molar-refractivity contribution is 9.10. The first-order valence-electron chi connectivity index (χ1n) is 12.5. The van der Waals surface area contributed by atoms with E-state index in [4.69, 9.17) is 4.74 Å². The molecular weight excluding hydrogens is 558 g/mol. The Morgan fingerprint density at radius 2 is 1.70 bits per heavy atom. The number of halogens is 1. The Labute approximate surface area is 229 Å². The summed E-state index contributed by atoms with van der Waals surface area (Å²) in [6, 6.07) is 13.8. The molecule has 2 unspecified atom stereocenters. The summed E-state index contributed by atoms with van der Waals surface area (Å²) >= 11 is 3.42. The van der Waals surface area contributed by atoms with Gasteiger partial charge in [-0.1, -0.05) is 47.1 Å². The van der Waals surface area contributed by atoms with E-state index in [0.29, 0.717) is 18.0 Å². The molecule has 204 valence electrons. The molecule has 2 atom stereocenters. The number of hydrogen-bond acceptors (Lipinski definition) is 5. The number of ether oxygens (including phenoxy) is 1. The number of nitrogens with zero attached hydrogens (tertiary/aromatic N) is 2. The van der Waals surface area contributed by atoms with Gasteiger partial charge >= 0.3 is 0 Å². The first kappa shape index (κ1) is 30.6. The average Bonchev–Trinajstić information content (AvgIpc) is 2.85. The molecule has 0 aliphatic rings. The van der Waals surface area contributed by atoms with Crippen molar-refractivity contribution >= 4 is 43.5 Å². The molecule has 37 heavy (non-hydrogen) atoms. The number of nitrogens with one attached hydrogen (secondary N) is 1. The number of carbonyl (C=O) groups excluding carboxylic acids is 2. The molecule has 2 amide bonds. The monoisotopic (exact) mass is 595 g/mol. The van der Waals surface area contributed by atoms with Crippen molar-refractivity contribution < 1.29 is 22.7 Å². The molecule has 0 bridgehead atoms. The van der Waals surface area contributed by atoms with Crippen LogP contribution in [0.3, 0.4) is 0 Å². The second-order valence-electron chi connectivity index (χ2n) is 8.98. The molecule has 2 aromatic carbocycles. The number of hydrogen-bond donors (Lipinski definition) is 1. The number of anilines is 1. The molecule has 2 aromatic rings. The maximum Gasteiger partial charge on any atom is 0.242 e. The lowest BCUT2D eigenvalue weighted by Gasteiger charge is -2.30. The van der Waals surface area contributed by atoms with E-state index in [2.05, 4.69) is 21.2 Å². The Balaban J connectivity index is 2.20. The van der Waals surface area contributed by atoms with Gasteiger partial charge in [0.1, 0.15) is 11.8 Å². The topological polar surface area (TPSA) is 96.0 Å². The van der Waals surface area contributed by atoms with Crippen LogP contribution in [0.1, 0.15) is 52.5 Å². The zero-order valence-electron chi connectivity index (χ0n) is 22.2. The van der Waals surface area contributed by atoms with Gasteiger partial charge in [0.05, 0.1) is 18.6 Å². The molecule has 1 N–H and O–H groups in total. The average molecular weight is 597 g/mol. The van der Waals surface area contributed by atoms with E-state index in [0.717, 1.165) is 22.7 Å². The van der Waals surface area contributed by atoms with Gasteiger partial charge in [-0.2, -0.15) is 0 Å². The molecule has 0 aliphatic carbocycles. The Kier molecular flexibility index (Phi) is 11.9. The van der Waals surface area contributed by atoms with Crippen molar-refractivity contribution in [2.45, 2.75) is 65.6 Å². The molecule has 8 nitrogen and oxygen atoms in total. The molecule has 0 fully saturated rings. The zero-order chi connectivity index (χ0) is 27.6. The predicted molar refractivity (Wildman–Crippen MR) is 151 cm³/mol. The van der Waals surface area contributed by atoms with E-state index in [9.17, 15) is 18.0 Å². The third-order valence-electron chi connectivity index (χ3n) is 6.02. The number of para-hydroxylation sites is 2. The summed E-state index contributed by atoms with van der Waals surface area (Å²) in [7, 11) is -3.62. The van der Waals surface area contributed by atoms with Gasteiger partial charge in [-0.15, -0.1) is 0 Å². The number of amides is 2. The molecule has 2 rings (SSSR count). The smallest absolute Gasteiger partial charge is 0.242 e. The number of rotatable bonds is 14. The van der Waals surface area contributed by atoms with Crippen LogP contribution in [0.4, 0.5) is 5.69 Å². The van der Waals surface area contributed by atoms with Crippen LogP contribution in [0, 0.1) is 0 Å². The maximum absolute atomic E-state index is 13.4. The minimum atomic E-state index is -3.62. The fourth-order valence-electron chi connectivity index (χ4n) is 3.76. The normalized spacial score (nSPS) is 12.9. The highest BCUT2D eigenvalue weighted by Crippen LogP contribution is 2.30. The van der Waals surface area contributed by atoms with Crippen LogP contribution >= 0.6 is 15.9 Å². The van der Waals surface area contributed by atoms with Crippen molar-refractivity contribution in [1.29, 1.82) is 0 Å². The lowest BCUT2D eigenvalue weighted by Crippen LogP contribution is -2.49. The standard InChI is InChI=1S/C27H38BrN3O5S/c1-6-20(3)29-27(33)21(4)30(19-22-14-16-23(28)17-15-22)26(32)13-10-18-31(37(5,34)35)24-11-8-9-12-25(24)36-7-2/h8-9,11-12,14-17,20-21H,6-7,10,13,18-19H2,1-5H3,(H,29,33). The van der Waals surface area contributed by atoms with Crippen LogP contribution in [-0.2, 0) is 26.2 Å². The highest BCUT2D eigenvalue weighted by Gasteiger charge is 2.27. The van der Waals surface area contributed by atoms with E-state index >= 15 is 0 Å². The van der Waals surface area contributed by atoms with Gasteiger partial charge in [-0.05, 0) is 63.4 Å². The Hall–Kier alpha value is -2.59. The van der Waals surface area contributed by atoms with Crippen molar-refractivity contribution in [3.8, 4) is 5.75 Å². The van der Waals surface area contributed by atoms with E-state index in [1.54, 1.807) is 36.1 Å². The van der Waals surface area contributed by atoms with Gasteiger partial charge in [0.15, 0.2) is 0 Å². The van der Waals surface area contributed by atoms with Gasteiger partial charge < -0.3 is 15.0 Å². The summed E-state index contributed by atoms with van der Waals surface area (Å²) in [5.74, 6) is 0.0263. The fourth-order valence-corrected chi connectivity index (χ4v) is 4.99. The zero-order valence-corrected chi connectivity index (χ0v) is 24.6.